The van der Waals surface area contributed by atoms with Crippen LogP contribution in [0.1, 0.15) is 41.6 Å². The van der Waals surface area contributed by atoms with E-state index in [-0.39, 0.29) is 6.10 Å². The van der Waals surface area contributed by atoms with Crippen LogP contribution >= 0.6 is 11.3 Å². The Labute approximate surface area is 116 Å². The third-order valence-corrected chi connectivity index (χ3v) is 3.36. The van der Waals surface area contributed by atoms with Gasteiger partial charge in [-0.15, -0.1) is 11.3 Å². The summed E-state index contributed by atoms with van der Waals surface area (Å²) in [5.41, 5.74) is 0.985. The topological polar surface area (TPSA) is 71.7 Å². The molecule has 1 aromatic rings. The summed E-state index contributed by atoms with van der Waals surface area (Å²) in [5.74, 6) is -0.424. The van der Waals surface area contributed by atoms with Gasteiger partial charge in [-0.05, 0) is 33.3 Å². The first-order chi connectivity index (χ1) is 9.01. The van der Waals surface area contributed by atoms with E-state index in [1.807, 2.05) is 6.92 Å². The Bertz CT molecular complexity index is 527. The van der Waals surface area contributed by atoms with E-state index in [2.05, 4.69) is 11.1 Å². The maximum absolute atomic E-state index is 11.9. The quantitative estimate of drug-likeness (QED) is 0.472. The summed E-state index contributed by atoms with van der Waals surface area (Å²) < 4.78 is 10.1. The van der Waals surface area contributed by atoms with Crippen molar-refractivity contribution in [2.45, 2.75) is 33.8 Å². The zero-order valence-corrected chi connectivity index (χ0v) is 12.2. The molecule has 0 aromatic carbocycles. The van der Waals surface area contributed by atoms with E-state index in [9.17, 15) is 4.79 Å². The number of esters is 1. The first-order valence-electron chi connectivity index (χ1n) is 5.89. The minimum atomic E-state index is -0.424. The number of rotatable bonds is 5. The Morgan fingerprint density at radius 2 is 2.26 bits per heavy atom. The lowest BCUT2D eigenvalue weighted by Crippen LogP contribution is -2.11. The Kier molecular flexibility index (Phi) is 5.52. The summed E-state index contributed by atoms with van der Waals surface area (Å²) in [6, 6.07) is 2.05. The van der Waals surface area contributed by atoms with Gasteiger partial charge in [0.05, 0.1) is 18.3 Å². The average molecular weight is 280 g/mol. The van der Waals surface area contributed by atoms with Crippen molar-refractivity contribution in [3.8, 4) is 6.07 Å². The molecule has 0 saturated carbocycles. The SMILES string of the molecule is CCO/C=N/c1sc(C(=O)OC(C)C)c(C)c1C#N. The van der Waals surface area contributed by atoms with Crippen molar-refractivity contribution in [1.82, 2.24) is 0 Å². The predicted octanol–water partition coefficient (Wildman–Crippen LogP) is 3.19. The highest BCUT2D eigenvalue weighted by atomic mass is 32.1. The fourth-order valence-electron chi connectivity index (χ4n) is 1.34. The van der Waals surface area contributed by atoms with E-state index in [0.29, 0.717) is 27.6 Å². The van der Waals surface area contributed by atoms with Crippen LogP contribution in [0.25, 0.3) is 0 Å². The molecule has 0 radical (unpaired) electrons. The summed E-state index contributed by atoms with van der Waals surface area (Å²) in [7, 11) is 0. The van der Waals surface area contributed by atoms with Crippen molar-refractivity contribution in [2.75, 3.05) is 6.61 Å². The molecule has 19 heavy (non-hydrogen) atoms. The lowest BCUT2D eigenvalue weighted by molar-refractivity contribution is 0.0383. The zero-order valence-electron chi connectivity index (χ0n) is 11.4. The maximum atomic E-state index is 11.9. The fourth-order valence-corrected chi connectivity index (χ4v) is 2.32. The first-order valence-corrected chi connectivity index (χ1v) is 6.71. The highest BCUT2D eigenvalue weighted by Gasteiger charge is 2.21. The largest absolute Gasteiger partial charge is 0.483 e. The van der Waals surface area contributed by atoms with E-state index >= 15 is 0 Å². The number of hydrogen-bond acceptors (Lipinski definition) is 6. The second-order valence-corrected chi connectivity index (χ2v) is 4.99. The Balaban J connectivity index is 3.09. The Hall–Kier alpha value is -1.87. The fraction of sp³-hybridized carbons (Fsp3) is 0.462. The molecule has 0 atom stereocenters. The van der Waals surface area contributed by atoms with Crippen LogP contribution in [-0.2, 0) is 9.47 Å². The summed E-state index contributed by atoms with van der Waals surface area (Å²) >= 11 is 1.14. The molecule has 0 aliphatic heterocycles. The third kappa shape index (κ3) is 3.80. The van der Waals surface area contributed by atoms with Crippen LogP contribution in [0, 0.1) is 18.3 Å². The smallest absolute Gasteiger partial charge is 0.348 e. The van der Waals surface area contributed by atoms with E-state index in [4.69, 9.17) is 14.7 Å². The second kappa shape index (κ2) is 6.90. The van der Waals surface area contributed by atoms with Crippen molar-refractivity contribution >= 4 is 28.7 Å². The van der Waals surface area contributed by atoms with Gasteiger partial charge in [0, 0.05) is 0 Å². The summed E-state index contributed by atoms with van der Waals surface area (Å²) in [5, 5.41) is 9.58. The van der Waals surface area contributed by atoms with Crippen LogP contribution in [-0.4, -0.2) is 25.1 Å². The lowest BCUT2D eigenvalue weighted by Gasteiger charge is -2.06. The highest BCUT2D eigenvalue weighted by molar-refractivity contribution is 7.18. The van der Waals surface area contributed by atoms with Crippen LogP contribution in [0.5, 0.6) is 0 Å². The molecule has 0 aliphatic rings. The van der Waals surface area contributed by atoms with Crippen LogP contribution in [0.2, 0.25) is 0 Å². The molecule has 1 aromatic heterocycles. The van der Waals surface area contributed by atoms with Crippen molar-refractivity contribution in [1.29, 1.82) is 5.26 Å². The van der Waals surface area contributed by atoms with Crippen molar-refractivity contribution in [3.05, 3.63) is 16.0 Å². The first kappa shape index (κ1) is 15.2. The zero-order chi connectivity index (χ0) is 14.4. The Morgan fingerprint density at radius 3 is 2.79 bits per heavy atom. The Morgan fingerprint density at radius 1 is 1.58 bits per heavy atom. The van der Waals surface area contributed by atoms with Gasteiger partial charge >= 0.3 is 5.97 Å². The number of nitriles is 1. The number of carbonyl (C=O) groups excluding carboxylic acids is 1. The van der Waals surface area contributed by atoms with Crippen LogP contribution in [0.15, 0.2) is 4.99 Å². The summed E-state index contributed by atoms with van der Waals surface area (Å²) in [6.45, 7) is 7.60. The third-order valence-electron chi connectivity index (χ3n) is 2.18. The van der Waals surface area contributed by atoms with E-state index in [1.165, 1.54) is 6.40 Å². The molecule has 0 aliphatic carbocycles. The van der Waals surface area contributed by atoms with Crippen LogP contribution in [0.3, 0.4) is 0 Å². The molecule has 102 valence electrons. The molecule has 0 fully saturated rings. The summed E-state index contributed by atoms with van der Waals surface area (Å²) in [6.07, 6.45) is 1.08. The van der Waals surface area contributed by atoms with Gasteiger partial charge in [0.15, 0.2) is 6.40 Å². The molecule has 0 N–H and O–H groups in total. The van der Waals surface area contributed by atoms with Gasteiger partial charge in [-0.3, -0.25) is 0 Å². The molecule has 0 bridgehead atoms. The molecule has 0 amide bonds. The predicted molar refractivity (Wildman–Crippen MR) is 74.1 cm³/mol. The molecule has 6 heteroatoms. The van der Waals surface area contributed by atoms with Gasteiger partial charge in [0.2, 0.25) is 0 Å². The number of carbonyl (C=O) groups is 1. The number of thiophene rings is 1. The molecule has 0 spiro atoms. The number of nitrogens with zero attached hydrogens (tertiary/aromatic N) is 2. The standard InChI is InChI=1S/C13H16N2O3S/c1-5-17-7-15-12-10(6-14)9(4)11(19-12)13(16)18-8(2)3/h7-8H,5H2,1-4H3/b15-7+. The van der Waals surface area contributed by atoms with Crippen LogP contribution in [0.4, 0.5) is 5.00 Å². The van der Waals surface area contributed by atoms with Crippen LogP contribution < -0.4 is 0 Å². The van der Waals surface area contributed by atoms with E-state index in [1.54, 1.807) is 20.8 Å². The van der Waals surface area contributed by atoms with E-state index in [0.717, 1.165) is 11.3 Å². The molecule has 0 saturated heterocycles. The number of hydrogen-bond donors (Lipinski definition) is 0. The highest BCUT2D eigenvalue weighted by Crippen LogP contribution is 2.35. The molecule has 1 heterocycles. The minimum absolute atomic E-state index is 0.199. The second-order valence-electron chi connectivity index (χ2n) is 3.99. The minimum Gasteiger partial charge on any atom is -0.483 e. The van der Waals surface area contributed by atoms with Gasteiger partial charge < -0.3 is 9.47 Å². The molecular formula is C13H16N2O3S. The summed E-state index contributed by atoms with van der Waals surface area (Å²) in [4.78, 5) is 16.3. The van der Waals surface area contributed by atoms with Crippen molar-refractivity contribution in [2.24, 2.45) is 4.99 Å². The van der Waals surface area contributed by atoms with Gasteiger partial charge in [-0.1, -0.05) is 0 Å². The van der Waals surface area contributed by atoms with Gasteiger partial charge in [-0.2, -0.15) is 5.26 Å². The lowest BCUT2D eigenvalue weighted by atomic mass is 10.2. The van der Waals surface area contributed by atoms with E-state index < -0.39 is 5.97 Å². The number of aliphatic imine (C=N–C) groups is 1. The van der Waals surface area contributed by atoms with Gasteiger partial charge in [-0.25, -0.2) is 9.79 Å². The normalized spacial score (nSPS) is 10.7. The van der Waals surface area contributed by atoms with Crippen molar-refractivity contribution < 1.29 is 14.3 Å². The maximum Gasteiger partial charge on any atom is 0.348 e. The molecule has 0 unspecified atom stereocenters. The number of ether oxygens (including phenoxy) is 2. The molecule has 1 rings (SSSR count). The van der Waals surface area contributed by atoms with Gasteiger partial charge in [0.25, 0.3) is 0 Å². The molecule has 5 nitrogen and oxygen atoms in total. The van der Waals surface area contributed by atoms with Gasteiger partial charge in [0.1, 0.15) is 15.9 Å². The monoisotopic (exact) mass is 280 g/mol. The average Bonchev–Trinajstić information content (AvgIpc) is 2.65. The molecular weight excluding hydrogens is 264 g/mol. The van der Waals surface area contributed by atoms with Crippen molar-refractivity contribution in [3.63, 3.8) is 0 Å².